The summed E-state index contributed by atoms with van der Waals surface area (Å²) in [6, 6.07) is 31.7. The lowest BCUT2D eigenvalue weighted by atomic mass is 9.80. The van der Waals surface area contributed by atoms with Gasteiger partial charge in [-0.3, -0.25) is 4.79 Å². The second kappa shape index (κ2) is 14.6. The van der Waals surface area contributed by atoms with E-state index in [1.807, 2.05) is 78.9 Å². The molecule has 10 heteroatoms. The summed E-state index contributed by atoms with van der Waals surface area (Å²) in [5.74, 6) is 0.653. The third kappa shape index (κ3) is 7.21. The van der Waals surface area contributed by atoms with E-state index < -0.39 is 11.6 Å². The highest BCUT2D eigenvalue weighted by Crippen LogP contribution is 2.44. The average Bonchev–Trinajstić information content (AvgIpc) is 3.44. The first-order valence-electron chi connectivity index (χ1n) is 14.3. The van der Waals surface area contributed by atoms with Crippen molar-refractivity contribution in [2.45, 2.75) is 37.6 Å². The number of carbonyl (C=O) groups excluding carboxylic acids is 1. The molecular formula is C34H32ClN5O4. The van der Waals surface area contributed by atoms with Gasteiger partial charge in [0.15, 0.2) is 11.6 Å². The maximum atomic E-state index is 14.5. The number of aliphatic hydroxyl groups excluding tert-OH is 1. The Morgan fingerprint density at radius 1 is 1.00 bits per heavy atom. The Bertz CT molecular complexity index is 1640. The molecule has 0 bridgehead atoms. The quantitative estimate of drug-likeness (QED) is 0.0753. The van der Waals surface area contributed by atoms with E-state index in [0.717, 1.165) is 16.7 Å². The molecule has 9 nitrogen and oxygen atoms in total. The molecule has 1 heterocycles. The topological polar surface area (TPSA) is 129 Å². The average molecular weight is 610 g/mol. The molecule has 44 heavy (non-hydrogen) atoms. The van der Waals surface area contributed by atoms with E-state index in [-0.39, 0.29) is 32.0 Å². The normalized spacial score (nSPS) is 17.2. The second-order valence-electron chi connectivity index (χ2n) is 10.3. The van der Waals surface area contributed by atoms with E-state index in [9.17, 15) is 4.79 Å². The van der Waals surface area contributed by atoms with Gasteiger partial charge in [-0.1, -0.05) is 83.4 Å². The van der Waals surface area contributed by atoms with Crippen LogP contribution in [0.3, 0.4) is 0 Å². The highest BCUT2D eigenvalue weighted by atomic mass is 35.5. The maximum absolute atomic E-state index is 14.5. The lowest BCUT2D eigenvalue weighted by Crippen LogP contribution is -2.49. The number of nitrogens with one attached hydrogen (secondary N) is 1. The van der Waals surface area contributed by atoms with Crippen LogP contribution in [0, 0.1) is 0 Å². The summed E-state index contributed by atoms with van der Waals surface area (Å²) < 4.78 is 12.3. The van der Waals surface area contributed by atoms with Crippen LogP contribution in [0.15, 0.2) is 113 Å². The predicted molar refractivity (Wildman–Crippen MR) is 169 cm³/mol. The molecule has 0 radical (unpaired) electrons. The summed E-state index contributed by atoms with van der Waals surface area (Å²) in [6.07, 6.45) is -0.0394. The molecule has 5 rings (SSSR count). The number of rotatable bonds is 13. The van der Waals surface area contributed by atoms with Crippen LogP contribution in [0.4, 0.5) is 0 Å². The van der Waals surface area contributed by atoms with Gasteiger partial charge in [0.05, 0.1) is 13.2 Å². The lowest BCUT2D eigenvalue weighted by molar-refractivity contribution is -0.129. The lowest BCUT2D eigenvalue weighted by Gasteiger charge is -2.32. The van der Waals surface area contributed by atoms with E-state index in [1.165, 1.54) is 0 Å². The molecular weight excluding hydrogens is 578 g/mol. The number of aliphatic hydroxyl groups is 1. The summed E-state index contributed by atoms with van der Waals surface area (Å²) in [5.41, 5.74) is 11.6. The molecule has 0 saturated carbocycles. The highest BCUT2D eigenvalue weighted by Gasteiger charge is 2.53. The molecule has 1 aliphatic heterocycles. The smallest absolute Gasteiger partial charge is 0.252 e. The molecule has 0 saturated heterocycles. The third-order valence-electron chi connectivity index (χ3n) is 7.35. The van der Waals surface area contributed by atoms with Crippen LogP contribution < -0.4 is 10.1 Å². The first kappa shape index (κ1) is 30.6. The van der Waals surface area contributed by atoms with Crippen molar-refractivity contribution in [3.8, 4) is 5.75 Å². The molecule has 0 aliphatic carbocycles. The minimum absolute atomic E-state index is 0.0504. The van der Waals surface area contributed by atoms with Crippen LogP contribution in [0.2, 0.25) is 5.02 Å². The number of azide groups is 1. The molecule has 0 spiro atoms. The molecule has 0 unspecified atom stereocenters. The first-order chi connectivity index (χ1) is 21.5. The van der Waals surface area contributed by atoms with Crippen molar-refractivity contribution >= 4 is 23.4 Å². The minimum atomic E-state index is -1.40. The number of benzene rings is 4. The zero-order chi connectivity index (χ0) is 30.8. The van der Waals surface area contributed by atoms with Crippen molar-refractivity contribution in [3.05, 3.63) is 146 Å². The van der Waals surface area contributed by atoms with Gasteiger partial charge in [-0.25, -0.2) is 4.99 Å². The summed E-state index contributed by atoms with van der Waals surface area (Å²) >= 11 is 6.07. The molecule has 1 aliphatic rings. The SMILES string of the molecule is [N-]=[N+]=NCc1ccccc1[C@H]1OC(c2ccc(OCCCO)cc2)=N[C@@]1(Cc1ccccc1)C(=O)NCc1ccc(Cl)cc1. The zero-order valence-electron chi connectivity index (χ0n) is 24.0. The van der Waals surface area contributed by atoms with Gasteiger partial charge in [0.25, 0.3) is 5.91 Å². The van der Waals surface area contributed by atoms with E-state index in [2.05, 4.69) is 15.3 Å². The Morgan fingerprint density at radius 3 is 2.45 bits per heavy atom. The van der Waals surface area contributed by atoms with Crippen LogP contribution in [0.1, 0.15) is 40.3 Å². The van der Waals surface area contributed by atoms with Crippen molar-refractivity contribution in [2.75, 3.05) is 13.2 Å². The van der Waals surface area contributed by atoms with E-state index in [4.69, 9.17) is 36.7 Å². The number of nitrogens with zero attached hydrogens (tertiary/aromatic N) is 4. The maximum Gasteiger partial charge on any atom is 0.252 e. The molecule has 4 aromatic carbocycles. The van der Waals surface area contributed by atoms with Gasteiger partial charge in [0.1, 0.15) is 5.75 Å². The first-order valence-corrected chi connectivity index (χ1v) is 14.7. The van der Waals surface area contributed by atoms with Crippen LogP contribution in [-0.4, -0.2) is 35.7 Å². The van der Waals surface area contributed by atoms with Crippen molar-refractivity contribution in [1.82, 2.24) is 5.32 Å². The van der Waals surface area contributed by atoms with Crippen molar-refractivity contribution in [3.63, 3.8) is 0 Å². The molecule has 224 valence electrons. The fourth-order valence-electron chi connectivity index (χ4n) is 5.15. The Balaban J connectivity index is 1.58. The van der Waals surface area contributed by atoms with Crippen LogP contribution in [0.25, 0.3) is 10.4 Å². The van der Waals surface area contributed by atoms with Gasteiger partial charge in [-0.05, 0) is 64.2 Å². The number of hydrogen-bond acceptors (Lipinski definition) is 6. The van der Waals surface area contributed by atoms with Crippen LogP contribution in [-0.2, 0) is 29.0 Å². The largest absolute Gasteiger partial charge is 0.494 e. The summed E-state index contributed by atoms with van der Waals surface area (Å²) in [7, 11) is 0. The van der Waals surface area contributed by atoms with Gasteiger partial charge in [0.2, 0.25) is 5.90 Å². The molecule has 0 aromatic heterocycles. The van der Waals surface area contributed by atoms with Crippen molar-refractivity contribution in [1.29, 1.82) is 0 Å². The molecule has 1 amide bonds. The van der Waals surface area contributed by atoms with Gasteiger partial charge in [0, 0.05) is 41.5 Å². The van der Waals surface area contributed by atoms with Crippen molar-refractivity contribution in [2.24, 2.45) is 10.1 Å². The Kier molecular flexibility index (Phi) is 10.1. The fourth-order valence-corrected chi connectivity index (χ4v) is 5.27. The Labute approximate surface area is 260 Å². The fraction of sp³-hybridized carbons (Fsp3) is 0.235. The number of aliphatic imine (C=N–C) groups is 1. The molecule has 2 N–H and O–H groups in total. The third-order valence-corrected chi connectivity index (χ3v) is 7.61. The van der Waals surface area contributed by atoms with E-state index >= 15 is 0 Å². The van der Waals surface area contributed by atoms with E-state index in [0.29, 0.717) is 40.8 Å². The van der Waals surface area contributed by atoms with Crippen molar-refractivity contribution < 1.29 is 19.4 Å². The number of ether oxygens (including phenoxy) is 2. The second-order valence-corrected chi connectivity index (χ2v) is 10.8. The number of hydrogen-bond donors (Lipinski definition) is 2. The number of amides is 1. The molecule has 2 atom stereocenters. The summed E-state index contributed by atoms with van der Waals surface area (Å²) in [4.78, 5) is 22.5. The van der Waals surface area contributed by atoms with Crippen LogP contribution in [0.5, 0.6) is 5.75 Å². The number of halogens is 1. The van der Waals surface area contributed by atoms with Gasteiger partial charge in [-0.2, -0.15) is 0 Å². The van der Waals surface area contributed by atoms with Gasteiger partial charge >= 0.3 is 0 Å². The Hall–Kier alpha value is -4.82. The standard InChI is InChI=1S/C34H32ClN5O4/c35-28-15-11-25(12-16-28)22-37-33(42)34(21-24-7-2-1-3-8-24)31(30-10-5-4-9-27(30)23-38-40-36)44-32(39-34)26-13-17-29(18-14-26)43-20-6-19-41/h1-5,7-18,31,41H,6,19-23H2,(H,37,42)/t31-,34-/m1/s1. The molecule has 4 aromatic rings. The predicted octanol–water partition coefficient (Wildman–Crippen LogP) is 6.73. The summed E-state index contributed by atoms with van der Waals surface area (Å²) in [6.45, 7) is 0.806. The minimum Gasteiger partial charge on any atom is -0.494 e. The van der Waals surface area contributed by atoms with Crippen LogP contribution >= 0.6 is 11.6 Å². The molecule has 0 fully saturated rings. The highest BCUT2D eigenvalue weighted by molar-refractivity contribution is 6.30. The van der Waals surface area contributed by atoms with E-state index in [1.54, 1.807) is 24.3 Å². The number of carbonyl (C=O) groups is 1. The van der Waals surface area contributed by atoms with Gasteiger partial charge in [-0.15, -0.1) is 0 Å². The monoisotopic (exact) mass is 609 g/mol. The summed E-state index contributed by atoms with van der Waals surface area (Å²) in [5, 5.41) is 16.6. The van der Waals surface area contributed by atoms with Gasteiger partial charge < -0.3 is 19.9 Å². The zero-order valence-corrected chi connectivity index (χ0v) is 24.7. The Morgan fingerprint density at radius 2 is 1.73 bits per heavy atom.